The highest BCUT2D eigenvalue weighted by molar-refractivity contribution is 6.35. The first-order valence-corrected chi connectivity index (χ1v) is 6.05. The molecule has 0 N–H and O–H groups in total. The van der Waals surface area contributed by atoms with Crippen molar-refractivity contribution in [1.82, 2.24) is 0 Å². The maximum atomic E-state index is 13.4. The third-order valence-corrected chi connectivity index (χ3v) is 3.16. The molecule has 2 aromatic carbocycles. The van der Waals surface area contributed by atoms with Crippen LogP contribution in [-0.4, -0.2) is 12.9 Å². The molecular weight excluding hydrogens is 267 g/mol. The Labute approximate surface area is 115 Å². The number of ether oxygens (including phenoxy) is 1. The summed E-state index contributed by atoms with van der Waals surface area (Å²) in [5, 5.41) is 0.0963. The Morgan fingerprint density at radius 1 is 1.21 bits per heavy atom. The lowest BCUT2D eigenvalue weighted by molar-refractivity contribution is 0.103. The Hall–Kier alpha value is -1.87. The first-order chi connectivity index (χ1) is 9.04. The van der Waals surface area contributed by atoms with Crippen molar-refractivity contribution in [3.63, 3.8) is 0 Å². The normalized spacial score (nSPS) is 10.3. The lowest BCUT2D eigenvalue weighted by Gasteiger charge is -2.09. The van der Waals surface area contributed by atoms with E-state index in [4.69, 9.17) is 16.3 Å². The molecule has 0 spiro atoms. The quantitative estimate of drug-likeness (QED) is 0.793. The van der Waals surface area contributed by atoms with E-state index in [-0.39, 0.29) is 16.4 Å². The second-order valence-electron chi connectivity index (χ2n) is 4.11. The number of hydrogen-bond donors (Lipinski definition) is 0. The molecule has 2 rings (SSSR count). The summed E-state index contributed by atoms with van der Waals surface area (Å²) in [7, 11) is 1.49. The minimum absolute atomic E-state index is 0.0963. The zero-order chi connectivity index (χ0) is 14.0. The predicted octanol–water partition coefficient (Wildman–Crippen LogP) is 4.03. The molecule has 0 bridgehead atoms. The Morgan fingerprint density at radius 3 is 2.58 bits per heavy atom. The Morgan fingerprint density at radius 2 is 1.89 bits per heavy atom. The van der Waals surface area contributed by atoms with Gasteiger partial charge in [0.05, 0.1) is 17.7 Å². The van der Waals surface area contributed by atoms with E-state index in [9.17, 15) is 9.18 Å². The summed E-state index contributed by atoms with van der Waals surface area (Å²) in [5.41, 5.74) is 1.05. The number of carbonyl (C=O) groups excluding carboxylic acids is 1. The zero-order valence-corrected chi connectivity index (χ0v) is 11.3. The SMILES string of the molecule is COc1ccccc1C(=O)c1cc(C)c(F)cc1Cl. The summed E-state index contributed by atoms with van der Waals surface area (Å²) in [4.78, 5) is 12.4. The third kappa shape index (κ3) is 2.61. The lowest BCUT2D eigenvalue weighted by Crippen LogP contribution is -2.05. The number of para-hydroxylation sites is 1. The molecule has 0 heterocycles. The third-order valence-electron chi connectivity index (χ3n) is 2.84. The molecule has 0 aliphatic heterocycles. The van der Waals surface area contributed by atoms with Gasteiger partial charge in [0.15, 0.2) is 5.78 Å². The first-order valence-electron chi connectivity index (χ1n) is 5.68. The number of aryl methyl sites for hydroxylation is 1. The lowest BCUT2D eigenvalue weighted by atomic mass is 10.0. The first kappa shape index (κ1) is 13.6. The van der Waals surface area contributed by atoms with Crippen LogP contribution in [-0.2, 0) is 0 Å². The van der Waals surface area contributed by atoms with Gasteiger partial charge >= 0.3 is 0 Å². The van der Waals surface area contributed by atoms with Gasteiger partial charge in [0.25, 0.3) is 0 Å². The monoisotopic (exact) mass is 278 g/mol. The fourth-order valence-electron chi connectivity index (χ4n) is 1.81. The maximum Gasteiger partial charge on any atom is 0.198 e. The average Bonchev–Trinajstić information content (AvgIpc) is 2.42. The molecule has 0 fully saturated rings. The van der Waals surface area contributed by atoms with E-state index in [0.29, 0.717) is 16.9 Å². The predicted molar refractivity (Wildman–Crippen MR) is 72.6 cm³/mol. The fraction of sp³-hybridized carbons (Fsp3) is 0.133. The van der Waals surface area contributed by atoms with Crippen molar-refractivity contribution >= 4 is 17.4 Å². The zero-order valence-electron chi connectivity index (χ0n) is 10.5. The molecule has 0 amide bonds. The van der Waals surface area contributed by atoms with Gasteiger partial charge in [-0.25, -0.2) is 4.39 Å². The van der Waals surface area contributed by atoms with Crippen molar-refractivity contribution in [2.24, 2.45) is 0 Å². The van der Waals surface area contributed by atoms with E-state index in [2.05, 4.69) is 0 Å². The van der Waals surface area contributed by atoms with Gasteiger partial charge in [0.2, 0.25) is 0 Å². The number of benzene rings is 2. The number of methoxy groups -OCH3 is 1. The molecule has 0 aromatic heterocycles. The van der Waals surface area contributed by atoms with E-state index in [1.807, 2.05) is 0 Å². The number of halogens is 2. The summed E-state index contributed by atoms with van der Waals surface area (Å²) in [6, 6.07) is 9.45. The number of ketones is 1. The highest BCUT2D eigenvalue weighted by Gasteiger charge is 2.18. The van der Waals surface area contributed by atoms with Crippen molar-refractivity contribution in [2.75, 3.05) is 7.11 Å². The van der Waals surface area contributed by atoms with Crippen molar-refractivity contribution in [3.05, 3.63) is 63.9 Å². The van der Waals surface area contributed by atoms with Crippen LogP contribution in [0, 0.1) is 12.7 Å². The summed E-state index contributed by atoms with van der Waals surface area (Å²) >= 11 is 5.94. The number of hydrogen-bond acceptors (Lipinski definition) is 2. The smallest absolute Gasteiger partial charge is 0.198 e. The summed E-state index contributed by atoms with van der Waals surface area (Å²) < 4.78 is 18.5. The Balaban J connectivity index is 2.53. The van der Waals surface area contributed by atoms with Gasteiger partial charge < -0.3 is 4.74 Å². The topological polar surface area (TPSA) is 26.3 Å². The molecule has 4 heteroatoms. The molecule has 0 saturated carbocycles. The standard InChI is InChI=1S/C15H12ClFO2/c1-9-7-11(12(16)8-13(9)17)15(18)10-5-3-4-6-14(10)19-2/h3-8H,1-2H3. The van der Waals surface area contributed by atoms with Gasteiger partial charge in [-0.2, -0.15) is 0 Å². The van der Waals surface area contributed by atoms with Gasteiger partial charge in [-0.1, -0.05) is 23.7 Å². The van der Waals surface area contributed by atoms with Crippen LogP contribution in [0.5, 0.6) is 5.75 Å². The van der Waals surface area contributed by atoms with Crippen LogP contribution >= 0.6 is 11.6 Å². The van der Waals surface area contributed by atoms with Crippen molar-refractivity contribution in [3.8, 4) is 5.75 Å². The van der Waals surface area contributed by atoms with Crippen molar-refractivity contribution in [2.45, 2.75) is 6.92 Å². The molecule has 19 heavy (non-hydrogen) atoms. The van der Waals surface area contributed by atoms with Gasteiger partial charge in [-0.3, -0.25) is 4.79 Å². The van der Waals surface area contributed by atoms with Crippen LogP contribution in [0.4, 0.5) is 4.39 Å². The molecule has 2 aromatic rings. The molecule has 0 aliphatic rings. The van der Waals surface area contributed by atoms with E-state index >= 15 is 0 Å². The van der Waals surface area contributed by atoms with Gasteiger partial charge in [-0.15, -0.1) is 0 Å². The van der Waals surface area contributed by atoms with Crippen LogP contribution in [0.25, 0.3) is 0 Å². The second-order valence-corrected chi connectivity index (χ2v) is 4.52. The van der Waals surface area contributed by atoms with Crippen LogP contribution in [0.2, 0.25) is 5.02 Å². The highest BCUT2D eigenvalue weighted by Crippen LogP contribution is 2.26. The van der Waals surface area contributed by atoms with E-state index in [1.165, 1.54) is 13.2 Å². The highest BCUT2D eigenvalue weighted by atomic mass is 35.5. The van der Waals surface area contributed by atoms with Crippen LogP contribution in [0.3, 0.4) is 0 Å². The summed E-state index contributed by atoms with van der Waals surface area (Å²) in [6.45, 7) is 1.59. The van der Waals surface area contributed by atoms with Gasteiger partial charge in [0, 0.05) is 5.56 Å². The summed E-state index contributed by atoms with van der Waals surface area (Å²) in [5.74, 6) is -0.252. The van der Waals surface area contributed by atoms with Crippen molar-refractivity contribution in [1.29, 1.82) is 0 Å². The van der Waals surface area contributed by atoms with E-state index < -0.39 is 5.82 Å². The molecule has 2 nitrogen and oxygen atoms in total. The van der Waals surface area contributed by atoms with E-state index in [0.717, 1.165) is 6.07 Å². The molecule has 0 saturated heterocycles. The molecule has 0 radical (unpaired) electrons. The maximum absolute atomic E-state index is 13.4. The molecule has 98 valence electrons. The average molecular weight is 279 g/mol. The fourth-order valence-corrected chi connectivity index (χ4v) is 2.04. The van der Waals surface area contributed by atoms with Crippen LogP contribution in [0.1, 0.15) is 21.5 Å². The van der Waals surface area contributed by atoms with Crippen LogP contribution < -0.4 is 4.74 Å². The molecule has 0 aliphatic carbocycles. The van der Waals surface area contributed by atoms with Crippen LogP contribution in [0.15, 0.2) is 36.4 Å². The van der Waals surface area contributed by atoms with E-state index in [1.54, 1.807) is 31.2 Å². The minimum Gasteiger partial charge on any atom is -0.496 e. The minimum atomic E-state index is -0.429. The van der Waals surface area contributed by atoms with Gasteiger partial charge in [0.1, 0.15) is 11.6 Å². The Kier molecular flexibility index (Phi) is 3.86. The Bertz CT molecular complexity index is 638. The number of carbonyl (C=O) groups is 1. The molecule has 0 atom stereocenters. The molecular formula is C15H12ClFO2. The second kappa shape index (κ2) is 5.41. The van der Waals surface area contributed by atoms with Gasteiger partial charge in [-0.05, 0) is 36.8 Å². The molecule has 0 unspecified atom stereocenters. The largest absolute Gasteiger partial charge is 0.496 e. The van der Waals surface area contributed by atoms with Crippen molar-refractivity contribution < 1.29 is 13.9 Å². The summed E-state index contributed by atoms with van der Waals surface area (Å²) in [6.07, 6.45) is 0. The number of rotatable bonds is 3.